The molecule has 0 bridgehead atoms. The van der Waals surface area contributed by atoms with E-state index in [-0.39, 0.29) is 6.04 Å². The third-order valence-electron chi connectivity index (χ3n) is 4.14. The van der Waals surface area contributed by atoms with Crippen LogP contribution in [0.1, 0.15) is 54.1 Å². The van der Waals surface area contributed by atoms with Crippen molar-refractivity contribution < 1.29 is 0 Å². The Morgan fingerprint density at radius 2 is 2.20 bits per heavy atom. The summed E-state index contributed by atoms with van der Waals surface area (Å²) in [5, 5.41) is 6.51. The minimum Gasteiger partial charge on any atom is -0.306 e. The molecule has 1 nitrogen and oxygen atoms in total. The highest BCUT2D eigenvalue weighted by atomic mass is 35.5. The van der Waals surface area contributed by atoms with Crippen LogP contribution >= 0.6 is 22.9 Å². The van der Waals surface area contributed by atoms with Crippen molar-refractivity contribution in [3.05, 3.63) is 56.7 Å². The lowest BCUT2D eigenvalue weighted by Crippen LogP contribution is -2.21. The zero-order valence-corrected chi connectivity index (χ0v) is 13.3. The fourth-order valence-electron chi connectivity index (χ4n) is 2.81. The van der Waals surface area contributed by atoms with E-state index in [1.807, 2.05) is 6.07 Å². The highest BCUT2D eigenvalue weighted by Gasteiger charge is 2.22. The van der Waals surface area contributed by atoms with E-state index in [9.17, 15) is 0 Å². The Morgan fingerprint density at radius 3 is 2.80 bits per heavy atom. The van der Waals surface area contributed by atoms with Gasteiger partial charge in [0.25, 0.3) is 0 Å². The largest absolute Gasteiger partial charge is 0.306 e. The van der Waals surface area contributed by atoms with Gasteiger partial charge in [-0.1, -0.05) is 49.2 Å². The molecule has 0 spiro atoms. The van der Waals surface area contributed by atoms with E-state index in [4.69, 9.17) is 11.6 Å². The van der Waals surface area contributed by atoms with E-state index in [0.29, 0.717) is 0 Å². The Morgan fingerprint density at radius 1 is 1.35 bits per heavy atom. The summed E-state index contributed by atoms with van der Waals surface area (Å²) < 4.78 is 0. The summed E-state index contributed by atoms with van der Waals surface area (Å²) in [5.41, 5.74) is 2.82. The van der Waals surface area contributed by atoms with E-state index < -0.39 is 0 Å². The first-order valence-electron chi connectivity index (χ1n) is 7.35. The molecule has 1 aliphatic carbocycles. The van der Waals surface area contributed by atoms with Crippen LogP contribution in [0.4, 0.5) is 0 Å². The van der Waals surface area contributed by atoms with Crippen molar-refractivity contribution in [3.8, 4) is 0 Å². The van der Waals surface area contributed by atoms with E-state index in [1.54, 1.807) is 11.3 Å². The Balaban J connectivity index is 1.93. The van der Waals surface area contributed by atoms with Crippen molar-refractivity contribution in [2.24, 2.45) is 0 Å². The van der Waals surface area contributed by atoms with Crippen LogP contribution in [0.15, 0.2) is 35.7 Å². The Hall–Kier alpha value is -0.830. The molecule has 0 saturated heterocycles. The second-order valence-corrected chi connectivity index (χ2v) is 6.78. The lowest BCUT2D eigenvalue weighted by atomic mass is 9.79. The smallest absolute Gasteiger partial charge is 0.0686 e. The number of benzene rings is 1. The minimum absolute atomic E-state index is 0.215. The normalized spacial score (nSPS) is 16.9. The summed E-state index contributed by atoms with van der Waals surface area (Å²) in [6, 6.07) is 11.2. The van der Waals surface area contributed by atoms with Gasteiger partial charge in [0.1, 0.15) is 0 Å². The maximum atomic E-state index is 6.33. The van der Waals surface area contributed by atoms with Crippen molar-refractivity contribution in [3.63, 3.8) is 0 Å². The molecule has 2 aromatic rings. The van der Waals surface area contributed by atoms with Crippen LogP contribution in [0, 0.1) is 0 Å². The van der Waals surface area contributed by atoms with Crippen LogP contribution in [0.25, 0.3) is 0 Å². The van der Waals surface area contributed by atoms with Crippen LogP contribution in [0.2, 0.25) is 5.02 Å². The molecule has 1 fully saturated rings. The lowest BCUT2D eigenvalue weighted by Gasteiger charge is -2.27. The number of hydrogen-bond donors (Lipinski definition) is 1. The molecule has 1 aromatic carbocycles. The summed E-state index contributed by atoms with van der Waals surface area (Å²) in [6.45, 7) is 3.08. The van der Waals surface area contributed by atoms with Crippen LogP contribution in [0.5, 0.6) is 0 Å². The highest BCUT2D eigenvalue weighted by molar-refractivity contribution is 7.10. The fraction of sp³-hybridized carbons (Fsp3) is 0.412. The van der Waals surface area contributed by atoms with Gasteiger partial charge in [-0.2, -0.15) is 0 Å². The highest BCUT2D eigenvalue weighted by Crippen LogP contribution is 2.38. The molecule has 1 atom stereocenters. The predicted octanol–water partition coefficient (Wildman–Crippen LogP) is 5.37. The van der Waals surface area contributed by atoms with Gasteiger partial charge < -0.3 is 5.32 Å². The third-order valence-corrected chi connectivity index (χ3v) is 5.56. The molecule has 1 saturated carbocycles. The van der Waals surface area contributed by atoms with E-state index >= 15 is 0 Å². The van der Waals surface area contributed by atoms with Gasteiger partial charge in [0.15, 0.2) is 0 Å². The summed E-state index contributed by atoms with van der Waals surface area (Å²) in [6.07, 6.45) is 4.06. The predicted molar refractivity (Wildman–Crippen MR) is 87.9 cm³/mol. The molecule has 1 N–H and O–H groups in total. The van der Waals surface area contributed by atoms with Crippen molar-refractivity contribution in [2.45, 2.75) is 38.1 Å². The lowest BCUT2D eigenvalue weighted by molar-refractivity contribution is 0.419. The van der Waals surface area contributed by atoms with Gasteiger partial charge in [-0.3, -0.25) is 0 Å². The van der Waals surface area contributed by atoms with Crippen molar-refractivity contribution in [1.82, 2.24) is 5.32 Å². The van der Waals surface area contributed by atoms with Crippen LogP contribution in [-0.2, 0) is 0 Å². The second-order valence-electron chi connectivity index (χ2n) is 5.42. The third kappa shape index (κ3) is 2.78. The standard InChI is InChI=1S/C17H20ClNS/c1-2-19-16(17-15(18)9-10-20-17)14-8-4-7-13(11-14)12-5-3-6-12/h4,7-12,16,19H,2-3,5-6H2,1H3. The van der Waals surface area contributed by atoms with Crippen LogP contribution in [0.3, 0.4) is 0 Å². The van der Waals surface area contributed by atoms with Gasteiger partial charge in [0.05, 0.1) is 11.1 Å². The first kappa shape index (κ1) is 14.1. The van der Waals surface area contributed by atoms with E-state index in [1.165, 1.54) is 35.3 Å². The second kappa shape index (κ2) is 6.30. The van der Waals surface area contributed by atoms with Crippen LogP contribution in [-0.4, -0.2) is 6.54 Å². The summed E-state index contributed by atoms with van der Waals surface area (Å²) in [4.78, 5) is 1.22. The molecule has 1 aliphatic rings. The van der Waals surface area contributed by atoms with Gasteiger partial charge in [0.2, 0.25) is 0 Å². The van der Waals surface area contributed by atoms with Crippen molar-refractivity contribution in [1.29, 1.82) is 0 Å². The van der Waals surface area contributed by atoms with Crippen molar-refractivity contribution >= 4 is 22.9 Å². The molecule has 0 aliphatic heterocycles. The van der Waals surface area contributed by atoms with Gasteiger partial charge >= 0.3 is 0 Å². The van der Waals surface area contributed by atoms with E-state index in [2.05, 4.69) is 41.9 Å². The number of thiophene rings is 1. The topological polar surface area (TPSA) is 12.0 Å². The zero-order valence-electron chi connectivity index (χ0n) is 11.7. The molecule has 0 amide bonds. The first-order chi connectivity index (χ1) is 9.79. The molecule has 3 heteroatoms. The first-order valence-corrected chi connectivity index (χ1v) is 8.61. The number of rotatable bonds is 5. The molecule has 1 unspecified atom stereocenters. The molecule has 106 valence electrons. The maximum absolute atomic E-state index is 6.33. The summed E-state index contributed by atoms with van der Waals surface area (Å²) in [7, 11) is 0. The monoisotopic (exact) mass is 305 g/mol. The summed E-state index contributed by atoms with van der Waals surface area (Å²) >= 11 is 8.06. The molecular weight excluding hydrogens is 286 g/mol. The zero-order chi connectivity index (χ0) is 13.9. The number of halogens is 1. The average Bonchev–Trinajstić information content (AvgIpc) is 2.80. The number of hydrogen-bond acceptors (Lipinski definition) is 2. The molecule has 1 heterocycles. The van der Waals surface area contributed by atoms with Gasteiger partial charge in [0, 0.05) is 4.88 Å². The Bertz CT molecular complexity index is 574. The van der Waals surface area contributed by atoms with E-state index in [0.717, 1.165) is 17.5 Å². The fourth-order valence-corrected chi connectivity index (χ4v) is 4.08. The maximum Gasteiger partial charge on any atom is 0.0686 e. The van der Waals surface area contributed by atoms with Gasteiger partial charge in [-0.25, -0.2) is 0 Å². The average molecular weight is 306 g/mol. The Labute approximate surface area is 130 Å². The quantitative estimate of drug-likeness (QED) is 0.783. The van der Waals surface area contributed by atoms with Gasteiger partial charge in [-0.15, -0.1) is 11.3 Å². The summed E-state index contributed by atoms with van der Waals surface area (Å²) in [5.74, 6) is 0.774. The molecular formula is C17H20ClNS. The van der Waals surface area contributed by atoms with Crippen LogP contribution < -0.4 is 5.32 Å². The molecule has 3 rings (SSSR count). The molecule has 20 heavy (non-hydrogen) atoms. The molecule has 1 aromatic heterocycles. The van der Waals surface area contributed by atoms with Crippen molar-refractivity contribution in [2.75, 3.05) is 6.54 Å². The Kier molecular flexibility index (Phi) is 4.45. The SMILES string of the molecule is CCNC(c1cccc(C2CCC2)c1)c1sccc1Cl. The molecule has 0 radical (unpaired) electrons. The number of nitrogens with one attached hydrogen (secondary N) is 1. The van der Waals surface area contributed by atoms with Gasteiger partial charge in [-0.05, 0) is 47.9 Å². The minimum atomic E-state index is 0.215.